The highest BCUT2D eigenvalue weighted by atomic mass is 16.3. The van der Waals surface area contributed by atoms with E-state index < -0.39 is 11.2 Å². The molecule has 2 rings (SSSR count). The van der Waals surface area contributed by atoms with Crippen LogP contribution in [0.1, 0.15) is 64.5 Å². The lowest BCUT2D eigenvalue weighted by Crippen LogP contribution is -2.23. The fourth-order valence-corrected chi connectivity index (χ4v) is 2.56. The van der Waals surface area contributed by atoms with Crippen LogP contribution in [0.2, 0.25) is 0 Å². The highest BCUT2D eigenvalue weighted by Crippen LogP contribution is 2.20. The summed E-state index contributed by atoms with van der Waals surface area (Å²) in [7, 11) is 0. The van der Waals surface area contributed by atoms with E-state index in [0.717, 1.165) is 49.7 Å². The standard InChI is InChI=1S/2C12H18O2/c1-3-12(2,14)9-8-10-4-6-11(13)7-5-10;1-3-12(2,14)8-7-10-5-4-6-11(13)9-10/h4-7,13-14H,3,8-9H2,1-2H3;4-6,9,13-14H,3,7-8H2,1-2H3. The summed E-state index contributed by atoms with van der Waals surface area (Å²) in [5.74, 6) is 0.578. The second-order valence-corrected chi connectivity index (χ2v) is 8.04. The van der Waals surface area contributed by atoms with Gasteiger partial charge >= 0.3 is 0 Å². The molecule has 0 heterocycles. The Hall–Kier alpha value is -2.04. The largest absolute Gasteiger partial charge is 0.508 e. The molecule has 0 saturated carbocycles. The molecule has 4 heteroatoms. The lowest BCUT2D eigenvalue weighted by atomic mass is 9.94. The SMILES string of the molecule is CCC(C)(O)CCc1ccc(O)cc1.CCC(C)(O)CCc1cccc(O)c1. The Morgan fingerprint density at radius 3 is 1.64 bits per heavy atom. The first-order chi connectivity index (χ1) is 13.1. The zero-order valence-corrected chi connectivity index (χ0v) is 17.7. The van der Waals surface area contributed by atoms with Gasteiger partial charge in [-0.1, -0.05) is 38.1 Å². The van der Waals surface area contributed by atoms with Crippen molar-refractivity contribution in [1.82, 2.24) is 0 Å². The van der Waals surface area contributed by atoms with Crippen LogP contribution in [0.25, 0.3) is 0 Å². The smallest absolute Gasteiger partial charge is 0.115 e. The number of aromatic hydroxyl groups is 2. The first-order valence-electron chi connectivity index (χ1n) is 10.1. The van der Waals surface area contributed by atoms with Crippen LogP contribution in [-0.4, -0.2) is 31.6 Å². The third-order valence-electron chi connectivity index (χ3n) is 5.27. The Labute approximate surface area is 169 Å². The van der Waals surface area contributed by atoms with Crippen molar-refractivity contribution in [3.8, 4) is 11.5 Å². The fraction of sp³-hybridized carbons (Fsp3) is 0.500. The molecule has 4 nitrogen and oxygen atoms in total. The molecule has 2 atom stereocenters. The molecule has 2 aromatic carbocycles. The Kier molecular flexibility index (Phi) is 9.50. The van der Waals surface area contributed by atoms with Gasteiger partial charge in [0.15, 0.2) is 0 Å². The predicted octanol–water partition coefficient (Wildman–Crippen LogP) is 4.97. The number of benzene rings is 2. The first kappa shape index (κ1) is 24.0. The topological polar surface area (TPSA) is 80.9 Å². The van der Waals surface area contributed by atoms with Crippen molar-refractivity contribution in [2.75, 3.05) is 0 Å². The van der Waals surface area contributed by atoms with Crippen molar-refractivity contribution >= 4 is 0 Å². The molecule has 156 valence electrons. The summed E-state index contributed by atoms with van der Waals surface area (Å²) in [6.07, 6.45) is 4.66. The van der Waals surface area contributed by atoms with Gasteiger partial charge in [0.25, 0.3) is 0 Å². The Bertz CT molecular complexity index is 690. The molecule has 0 fully saturated rings. The van der Waals surface area contributed by atoms with Gasteiger partial charge in [-0.3, -0.25) is 0 Å². The number of hydrogen-bond donors (Lipinski definition) is 4. The molecule has 0 aliphatic heterocycles. The van der Waals surface area contributed by atoms with Crippen LogP contribution in [0.15, 0.2) is 48.5 Å². The maximum atomic E-state index is 9.79. The predicted molar refractivity (Wildman–Crippen MR) is 115 cm³/mol. The molecule has 0 amide bonds. The number of phenolic OH excluding ortho intramolecular Hbond substituents is 2. The van der Waals surface area contributed by atoms with Crippen molar-refractivity contribution in [1.29, 1.82) is 0 Å². The monoisotopic (exact) mass is 388 g/mol. The van der Waals surface area contributed by atoms with E-state index in [1.165, 1.54) is 0 Å². The minimum atomic E-state index is -0.592. The Morgan fingerprint density at radius 1 is 0.679 bits per heavy atom. The van der Waals surface area contributed by atoms with Gasteiger partial charge in [0, 0.05) is 0 Å². The van der Waals surface area contributed by atoms with E-state index in [-0.39, 0.29) is 5.75 Å². The van der Waals surface area contributed by atoms with E-state index in [9.17, 15) is 15.3 Å². The van der Waals surface area contributed by atoms with E-state index in [1.807, 2.05) is 52.0 Å². The van der Waals surface area contributed by atoms with Crippen LogP contribution in [0.4, 0.5) is 0 Å². The number of hydrogen-bond acceptors (Lipinski definition) is 4. The van der Waals surface area contributed by atoms with Crippen LogP contribution in [0.3, 0.4) is 0 Å². The first-order valence-corrected chi connectivity index (χ1v) is 10.1. The van der Waals surface area contributed by atoms with Crippen LogP contribution < -0.4 is 0 Å². The van der Waals surface area contributed by atoms with Gasteiger partial charge in [-0.05, 0) is 87.8 Å². The minimum Gasteiger partial charge on any atom is -0.508 e. The highest BCUT2D eigenvalue weighted by molar-refractivity contribution is 5.27. The summed E-state index contributed by atoms with van der Waals surface area (Å²) >= 11 is 0. The van der Waals surface area contributed by atoms with Gasteiger partial charge in [0.1, 0.15) is 11.5 Å². The van der Waals surface area contributed by atoms with Crippen LogP contribution in [-0.2, 0) is 12.8 Å². The number of aryl methyl sites for hydroxylation is 2. The molecular formula is C24H36O4. The van der Waals surface area contributed by atoms with E-state index >= 15 is 0 Å². The minimum absolute atomic E-state index is 0.288. The van der Waals surface area contributed by atoms with Crippen molar-refractivity contribution in [2.45, 2.75) is 77.4 Å². The Balaban J connectivity index is 0.000000280. The average Bonchev–Trinajstić information content (AvgIpc) is 2.67. The van der Waals surface area contributed by atoms with E-state index in [0.29, 0.717) is 5.75 Å². The molecule has 0 aliphatic rings. The Morgan fingerprint density at radius 2 is 1.18 bits per heavy atom. The highest BCUT2D eigenvalue weighted by Gasteiger charge is 2.17. The van der Waals surface area contributed by atoms with Gasteiger partial charge in [-0.2, -0.15) is 0 Å². The summed E-state index contributed by atoms with van der Waals surface area (Å²) in [6.45, 7) is 7.66. The summed E-state index contributed by atoms with van der Waals surface area (Å²) in [6, 6.07) is 14.3. The van der Waals surface area contributed by atoms with Gasteiger partial charge in [0.05, 0.1) is 11.2 Å². The molecule has 0 bridgehead atoms. The zero-order valence-electron chi connectivity index (χ0n) is 17.7. The third-order valence-corrected chi connectivity index (χ3v) is 5.27. The summed E-state index contributed by atoms with van der Waals surface area (Å²) < 4.78 is 0. The zero-order chi connectivity index (χ0) is 21.2. The third kappa shape index (κ3) is 9.77. The molecule has 0 aromatic heterocycles. The van der Waals surface area contributed by atoms with E-state index in [1.54, 1.807) is 24.3 Å². The van der Waals surface area contributed by atoms with Crippen molar-refractivity contribution in [3.63, 3.8) is 0 Å². The average molecular weight is 389 g/mol. The summed E-state index contributed by atoms with van der Waals surface area (Å²) in [5, 5.41) is 37.9. The van der Waals surface area contributed by atoms with Gasteiger partial charge < -0.3 is 20.4 Å². The molecule has 0 aliphatic carbocycles. The molecule has 0 spiro atoms. The number of rotatable bonds is 8. The normalized spacial score (nSPS) is 15.1. The summed E-state index contributed by atoms with van der Waals surface area (Å²) in [5.41, 5.74) is 1.05. The van der Waals surface area contributed by atoms with Crippen LogP contribution in [0, 0.1) is 0 Å². The van der Waals surface area contributed by atoms with Crippen molar-refractivity contribution in [3.05, 3.63) is 59.7 Å². The van der Waals surface area contributed by atoms with Crippen LogP contribution >= 0.6 is 0 Å². The van der Waals surface area contributed by atoms with Gasteiger partial charge in [-0.25, -0.2) is 0 Å². The molecule has 28 heavy (non-hydrogen) atoms. The fourth-order valence-electron chi connectivity index (χ4n) is 2.56. The molecule has 2 aromatic rings. The van der Waals surface area contributed by atoms with Crippen molar-refractivity contribution in [2.24, 2.45) is 0 Å². The summed E-state index contributed by atoms with van der Waals surface area (Å²) in [4.78, 5) is 0. The molecule has 2 unspecified atom stereocenters. The quantitative estimate of drug-likeness (QED) is 0.514. The molecule has 4 N–H and O–H groups in total. The lowest BCUT2D eigenvalue weighted by molar-refractivity contribution is 0.0468. The second kappa shape index (κ2) is 11.1. The maximum Gasteiger partial charge on any atom is 0.115 e. The number of phenols is 2. The van der Waals surface area contributed by atoms with Crippen LogP contribution in [0.5, 0.6) is 11.5 Å². The van der Waals surface area contributed by atoms with Gasteiger partial charge in [0.2, 0.25) is 0 Å². The van der Waals surface area contributed by atoms with Crippen molar-refractivity contribution < 1.29 is 20.4 Å². The second-order valence-electron chi connectivity index (χ2n) is 8.04. The number of aliphatic hydroxyl groups is 2. The lowest BCUT2D eigenvalue weighted by Gasteiger charge is -2.20. The molecule has 0 radical (unpaired) electrons. The van der Waals surface area contributed by atoms with E-state index in [4.69, 9.17) is 5.11 Å². The molecule has 0 saturated heterocycles. The van der Waals surface area contributed by atoms with Gasteiger partial charge in [-0.15, -0.1) is 0 Å². The van der Waals surface area contributed by atoms with E-state index in [2.05, 4.69) is 0 Å². The maximum absolute atomic E-state index is 9.79. The molecular weight excluding hydrogens is 352 g/mol.